The lowest BCUT2D eigenvalue weighted by atomic mass is 9.87. The Balaban J connectivity index is 1.46. The molecule has 3 aromatic rings. The fourth-order valence-corrected chi connectivity index (χ4v) is 3.33. The van der Waals surface area contributed by atoms with E-state index in [2.05, 4.69) is 53.3 Å². The van der Waals surface area contributed by atoms with E-state index in [4.69, 9.17) is 10.3 Å². The molecule has 2 N–H and O–H groups in total. The molecular formula is C18H22N6OS. The Morgan fingerprint density at radius 2 is 1.85 bits per heavy atom. The zero-order valence-electron chi connectivity index (χ0n) is 15.1. The lowest BCUT2D eigenvalue weighted by Gasteiger charge is -2.19. The molecule has 1 fully saturated rings. The van der Waals surface area contributed by atoms with Gasteiger partial charge in [0.15, 0.2) is 5.82 Å². The van der Waals surface area contributed by atoms with E-state index >= 15 is 0 Å². The van der Waals surface area contributed by atoms with Gasteiger partial charge in [0.25, 0.3) is 0 Å². The topological polar surface area (TPSA) is 95.6 Å². The molecule has 0 spiro atoms. The Bertz CT molecular complexity index is 905. The highest BCUT2D eigenvalue weighted by molar-refractivity contribution is 7.98. The zero-order valence-corrected chi connectivity index (χ0v) is 16.0. The first-order valence-corrected chi connectivity index (χ1v) is 9.67. The molecule has 0 aliphatic heterocycles. The average Bonchev–Trinajstić information content (AvgIpc) is 3.24. The maximum atomic E-state index is 6.19. The molecule has 0 bridgehead atoms. The summed E-state index contributed by atoms with van der Waals surface area (Å²) in [6.45, 7) is 6.57. The molecule has 0 unspecified atom stereocenters. The SMILES string of the molecule is CC(C)(C)c1ccc(-c2nnc(SCc3nnc(C4CC4)o3)n2N)cc1. The van der Waals surface area contributed by atoms with Crippen LogP contribution in [0.1, 0.15) is 56.9 Å². The van der Waals surface area contributed by atoms with Gasteiger partial charge in [-0.2, -0.15) is 0 Å². The second-order valence-electron chi connectivity index (χ2n) is 7.60. The Labute approximate surface area is 156 Å². The van der Waals surface area contributed by atoms with Gasteiger partial charge in [-0.1, -0.05) is 56.8 Å². The highest BCUT2D eigenvalue weighted by Gasteiger charge is 2.29. The number of nitrogen functional groups attached to an aromatic ring is 1. The summed E-state index contributed by atoms with van der Waals surface area (Å²) in [6.07, 6.45) is 2.28. The third kappa shape index (κ3) is 3.46. The van der Waals surface area contributed by atoms with Crippen LogP contribution in [0.15, 0.2) is 33.8 Å². The van der Waals surface area contributed by atoms with Gasteiger partial charge in [-0.3, -0.25) is 0 Å². The maximum Gasteiger partial charge on any atom is 0.226 e. The van der Waals surface area contributed by atoms with Crippen molar-refractivity contribution < 1.29 is 4.42 Å². The first-order chi connectivity index (χ1) is 12.4. The van der Waals surface area contributed by atoms with Crippen molar-refractivity contribution in [1.29, 1.82) is 0 Å². The average molecular weight is 370 g/mol. The molecule has 26 heavy (non-hydrogen) atoms. The van der Waals surface area contributed by atoms with Gasteiger partial charge in [0.1, 0.15) is 0 Å². The largest absolute Gasteiger partial charge is 0.424 e. The number of aromatic nitrogens is 5. The summed E-state index contributed by atoms with van der Waals surface area (Å²) in [7, 11) is 0. The van der Waals surface area contributed by atoms with Gasteiger partial charge >= 0.3 is 0 Å². The molecule has 4 rings (SSSR count). The minimum absolute atomic E-state index is 0.110. The third-order valence-electron chi connectivity index (χ3n) is 4.41. The van der Waals surface area contributed by atoms with E-state index in [-0.39, 0.29) is 5.41 Å². The summed E-state index contributed by atoms with van der Waals surface area (Å²) in [5.41, 5.74) is 2.31. The van der Waals surface area contributed by atoms with Crippen LogP contribution in [0.3, 0.4) is 0 Å². The summed E-state index contributed by atoms with van der Waals surface area (Å²) in [6, 6.07) is 8.27. The first kappa shape index (κ1) is 17.1. The third-order valence-corrected chi connectivity index (χ3v) is 5.34. The van der Waals surface area contributed by atoms with Crippen LogP contribution in [0, 0.1) is 0 Å². The lowest BCUT2D eigenvalue weighted by Crippen LogP contribution is -2.12. The quantitative estimate of drug-likeness (QED) is 0.542. The molecular weight excluding hydrogens is 348 g/mol. The van der Waals surface area contributed by atoms with Gasteiger partial charge in [0.2, 0.25) is 16.9 Å². The predicted octanol–water partition coefficient (Wildman–Crippen LogP) is 3.51. The number of hydrogen-bond donors (Lipinski definition) is 1. The van der Waals surface area contributed by atoms with Crippen LogP contribution in [0.5, 0.6) is 0 Å². The van der Waals surface area contributed by atoms with Crippen LogP contribution >= 0.6 is 11.8 Å². The number of nitrogens with zero attached hydrogens (tertiary/aromatic N) is 5. The first-order valence-electron chi connectivity index (χ1n) is 8.68. The molecule has 0 atom stereocenters. The van der Waals surface area contributed by atoms with Crippen molar-refractivity contribution in [3.8, 4) is 11.4 Å². The van der Waals surface area contributed by atoms with Gasteiger partial charge in [-0.25, -0.2) is 4.68 Å². The van der Waals surface area contributed by atoms with Crippen molar-refractivity contribution in [1.82, 2.24) is 25.1 Å². The molecule has 0 amide bonds. The van der Waals surface area contributed by atoms with E-state index in [9.17, 15) is 0 Å². The Morgan fingerprint density at radius 1 is 1.12 bits per heavy atom. The van der Waals surface area contributed by atoms with E-state index in [1.807, 2.05) is 12.1 Å². The molecule has 0 saturated heterocycles. The molecule has 1 aromatic carbocycles. The molecule has 7 nitrogen and oxygen atoms in total. The van der Waals surface area contributed by atoms with E-state index in [1.165, 1.54) is 22.0 Å². The molecule has 0 radical (unpaired) electrons. The summed E-state index contributed by atoms with van der Waals surface area (Å²) < 4.78 is 7.17. The number of rotatable bonds is 5. The highest BCUT2D eigenvalue weighted by Crippen LogP contribution is 2.39. The standard InChI is InChI=1S/C18H22N6OS/c1-18(2,3)13-8-6-11(7-9-13)15-21-23-17(24(15)19)26-10-14-20-22-16(25-14)12-4-5-12/h6-9,12H,4-5,10,19H2,1-3H3. The van der Waals surface area contributed by atoms with Crippen LogP contribution in [0.4, 0.5) is 0 Å². The van der Waals surface area contributed by atoms with Gasteiger partial charge in [-0.05, 0) is 23.8 Å². The van der Waals surface area contributed by atoms with Crippen molar-refractivity contribution in [2.24, 2.45) is 0 Å². The van der Waals surface area contributed by atoms with Crippen LogP contribution in [0.2, 0.25) is 0 Å². The molecule has 2 aromatic heterocycles. The van der Waals surface area contributed by atoms with Gasteiger partial charge in [-0.15, -0.1) is 20.4 Å². The highest BCUT2D eigenvalue weighted by atomic mass is 32.2. The van der Waals surface area contributed by atoms with Crippen molar-refractivity contribution in [2.75, 3.05) is 5.84 Å². The van der Waals surface area contributed by atoms with Crippen molar-refractivity contribution in [3.05, 3.63) is 41.6 Å². The van der Waals surface area contributed by atoms with Crippen molar-refractivity contribution in [2.45, 2.75) is 55.9 Å². The number of benzene rings is 1. The van der Waals surface area contributed by atoms with E-state index in [1.54, 1.807) is 0 Å². The Morgan fingerprint density at radius 3 is 2.50 bits per heavy atom. The van der Waals surface area contributed by atoms with Crippen molar-refractivity contribution >= 4 is 11.8 Å². The zero-order chi connectivity index (χ0) is 18.3. The second-order valence-corrected chi connectivity index (χ2v) is 8.54. The van der Waals surface area contributed by atoms with Crippen LogP contribution in [0.25, 0.3) is 11.4 Å². The van der Waals surface area contributed by atoms with Crippen LogP contribution < -0.4 is 5.84 Å². The van der Waals surface area contributed by atoms with Crippen LogP contribution in [-0.2, 0) is 11.2 Å². The normalized spacial score (nSPS) is 14.7. The number of nitrogens with two attached hydrogens (primary N) is 1. The Hall–Kier alpha value is -2.35. The number of thioether (sulfide) groups is 1. The maximum absolute atomic E-state index is 6.19. The minimum Gasteiger partial charge on any atom is -0.424 e. The predicted molar refractivity (Wildman–Crippen MR) is 100 cm³/mol. The number of hydrogen-bond acceptors (Lipinski definition) is 7. The van der Waals surface area contributed by atoms with E-state index < -0.39 is 0 Å². The van der Waals surface area contributed by atoms with E-state index in [0.29, 0.717) is 28.5 Å². The van der Waals surface area contributed by atoms with Gasteiger partial charge in [0, 0.05) is 11.5 Å². The Kier molecular flexibility index (Phi) is 4.22. The summed E-state index contributed by atoms with van der Waals surface area (Å²) >= 11 is 1.44. The van der Waals surface area contributed by atoms with E-state index in [0.717, 1.165) is 24.3 Å². The molecule has 8 heteroatoms. The monoisotopic (exact) mass is 370 g/mol. The fourth-order valence-electron chi connectivity index (χ4n) is 2.64. The van der Waals surface area contributed by atoms with Crippen molar-refractivity contribution in [3.63, 3.8) is 0 Å². The van der Waals surface area contributed by atoms with Gasteiger partial charge < -0.3 is 10.3 Å². The second kappa shape index (κ2) is 6.42. The summed E-state index contributed by atoms with van der Waals surface area (Å²) in [4.78, 5) is 0. The minimum atomic E-state index is 0.110. The lowest BCUT2D eigenvalue weighted by molar-refractivity contribution is 0.466. The molecule has 1 saturated carbocycles. The smallest absolute Gasteiger partial charge is 0.226 e. The molecule has 1 aliphatic rings. The molecule has 136 valence electrons. The fraction of sp³-hybridized carbons (Fsp3) is 0.444. The summed E-state index contributed by atoms with van der Waals surface area (Å²) in [5.74, 6) is 9.15. The molecule has 1 aliphatic carbocycles. The van der Waals surface area contributed by atoms with Crippen LogP contribution in [-0.4, -0.2) is 25.1 Å². The summed E-state index contributed by atoms with van der Waals surface area (Å²) in [5, 5.41) is 17.2. The molecule has 2 heterocycles. The van der Waals surface area contributed by atoms with Gasteiger partial charge in [0.05, 0.1) is 5.75 Å².